The second-order valence-corrected chi connectivity index (χ2v) is 8.84. The van der Waals surface area contributed by atoms with Crippen LogP contribution in [0.25, 0.3) is 0 Å². The molecule has 0 radical (unpaired) electrons. The minimum Gasteiger partial charge on any atom is -0.508 e. The molecule has 0 aromatic heterocycles. The van der Waals surface area contributed by atoms with Crippen molar-refractivity contribution >= 4 is 29.5 Å². The average molecular weight is 466 g/mol. The van der Waals surface area contributed by atoms with Crippen LogP contribution in [-0.2, 0) is 20.8 Å². The maximum absolute atomic E-state index is 12.8. The number of β-lactam (4-membered cyclic amide) rings is 1. The van der Waals surface area contributed by atoms with Crippen molar-refractivity contribution in [3.8, 4) is 5.75 Å². The van der Waals surface area contributed by atoms with Crippen molar-refractivity contribution < 1.29 is 24.6 Å². The van der Waals surface area contributed by atoms with Crippen LogP contribution in [0.2, 0.25) is 0 Å². The van der Waals surface area contributed by atoms with Gasteiger partial charge in [-0.3, -0.25) is 14.5 Å². The maximum Gasteiger partial charge on any atom is 0.352 e. The summed E-state index contributed by atoms with van der Waals surface area (Å²) in [5.41, 5.74) is 8.08. The number of phenols is 1. The standard InChI is InChI=1S/C24H23N3O5S/c25-18(15-9-11-17(28)12-10-15)21(29)26-19-22(30)27-20(24(31)32)16(13-33-23(19)27)8-4-7-14-5-2-1-3-6-14/h1-6,8-12,18-19,23,28H,7,13,25H2,(H,26,29)(H,31,32)/t18?,19-,23+/m1/s1. The number of amides is 2. The summed E-state index contributed by atoms with van der Waals surface area (Å²) in [6.07, 6.45) is 4.28. The third-order valence-corrected chi connectivity index (χ3v) is 6.85. The predicted molar refractivity (Wildman–Crippen MR) is 124 cm³/mol. The van der Waals surface area contributed by atoms with E-state index in [1.165, 1.54) is 40.9 Å². The topological polar surface area (TPSA) is 133 Å². The van der Waals surface area contributed by atoms with Gasteiger partial charge >= 0.3 is 5.97 Å². The minimum absolute atomic E-state index is 0.0522. The Kier molecular flexibility index (Phi) is 6.52. The van der Waals surface area contributed by atoms with Gasteiger partial charge in [0.2, 0.25) is 5.91 Å². The first-order valence-corrected chi connectivity index (χ1v) is 11.4. The number of hydrogen-bond donors (Lipinski definition) is 4. The predicted octanol–water partition coefficient (Wildman–Crippen LogP) is 1.93. The maximum atomic E-state index is 12.8. The number of carbonyl (C=O) groups excluding carboxylic acids is 2. The van der Waals surface area contributed by atoms with E-state index >= 15 is 0 Å². The van der Waals surface area contributed by atoms with E-state index in [0.717, 1.165) is 5.56 Å². The Balaban J connectivity index is 1.45. The molecule has 2 amide bonds. The summed E-state index contributed by atoms with van der Waals surface area (Å²) in [5, 5.41) is 21.3. The summed E-state index contributed by atoms with van der Waals surface area (Å²) >= 11 is 1.40. The number of phenolic OH excluding ortho intramolecular Hbond substituents is 1. The van der Waals surface area contributed by atoms with Gasteiger partial charge in [0.15, 0.2) is 0 Å². The summed E-state index contributed by atoms with van der Waals surface area (Å²) < 4.78 is 0. The highest BCUT2D eigenvalue weighted by Crippen LogP contribution is 2.40. The van der Waals surface area contributed by atoms with Crippen molar-refractivity contribution in [2.75, 3.05) is 5.75 Å². The summed E-state index contributed by atoms with van der Waals surface area (Å²) in [4.78, 5) is 38.6. The van der Waals surface area contributed by atoms with Crippen molar-refractivity contribution in [3.63, 3.8) is 0 Å². The third-order valence-electron chi connectivity index (χ3n) is 5.55. The van der Waals surface area contributed by atoms with Crippen molar-refractivity contribution in [3.05, 3.63) is 89.1 Å². The third kappa shape index (κ3) is 4.64. The molecule has 2 aromatic carbocycles. The second-order valence-electron chi connectivity index (χ2n) is 7.74. The fourth-order valence-corrected chi connectivity index (χ4v) is 5.12. The highest BCUT2D eigenvalue weighted by Gasteiger charge is 2.54. The molecule has 9 heteroatoms. The molecule has 2 aliphatic heterocycles. The molecule has 2 aliphatic rings. The zero-order chi connectivity index (χ0) is 23.5. The highest BCUT2D eigenvalue weighted by atomic mass is 32.2. The fraction of sp³-hybridized carbons (Fsp3) is 0.208. The van der Waals surface area contributed by atoms with Crippen LogP contribution < -0.4 is 11.1 Å². The number of hydrogen-bond acceptors (Lipinski definition) is 6. The lowest BCUT2D eigenvalue weighted by molar-refractivity contribution is -0.150. The molecule has 2 aromatic rings. The molecule has 8 nitrogen and oxygen atoms in total. The first-order valence-electron chi connectivity index (χ1n) is 10.3. The quantitative estimate of drug-likeness (QED) is 0.459. The van der Waals surface area contributed by atoms with E-state index in [9.17, 15) is 24.6 Å². The molecular formula is C24H23N3O5S. The van der Waals surface area contributed by atoms with Crippen LogP contribution in [0.4, 0.5) is 0 Å². The molecule has 0 spiro atoms. The molecule has 4 rings (SSSR count). The summed E-state index contributed by atoms with van der Waals surface area (Å²) in [6.45, 7) is 0. The van der Waals surface area contributed by atoms with Crippen LogP contribution in [0.1, 0.15) is 17.2 Å². The lowest BCUT2D eigenvalue weighted by Crippen LogP contribution is -2.71. The minimum atomic E-state index is -1.18. The number of allylic oxidation sites excluding steroid dienone is 2. The average Bonchev–Trinajstić information content (AvgIpc) is 2.82. The van der Waals surface area contributed by atoms with Gasteiger partial charge in [0.05, 0.1) is 0 Å². The second kappa shape index (κ2) is 9.51. The Morgan fingerprint density at radius 3 is 2.55 bits per heavy atom. The monoisotopic (exact) mass is 465 g/mol. The van der Waals surface area contributed by atoms with E-state index in [1.54, 1.807) is 6.08 Å². The highest BCUT2D eigenvalue weighted by molar-refractivity contribution is 8.00. The molecule has 0 bridgehead atoms. The molecule has 3 atom stereocenters. The normalized spacial score (nSPS) is 20.9. The molecule has 1 unspecified atom stereocenters. The Labute approximate surface area is 194 Å². The Morgan fingerprint density at radius 1 is 1.18 bits per heavy atom. The number of aliphatic carboxylic acids is 1. The van der Waals surface area contributed by atoms with E-state index in [1.807, 2.05) is 36.4 Å². The number of rotatable bonds is 7. The molecule has 1 saturated heterocycles. The van der Waals surface area contributed by atoms with Crippen LogP contribution in [-0.4, -0.2) is 50.1 Å². The number of carbonyl (C=O) groups is 3. The van der Waals surface area contributed by atoms with Gasteiger partial charge in [-0.15, -0.1) is 11.8 Å². The van der Waals surface area contributed by atoms with Gasteiger partial charge in [0.25, 0.3) is 5.91 Å². The largest absolute Gasteiger partial charge is 0.508 e. The van der Waals surface area contributed by atoms with Gasteiger partial charge in [0, 0.05) is 5.75 Å². The van der Waals surface area contributed by atoms with E-state index < -0.39 is 35.2 Å². The number of aromatic hydroxyl groups is 1. The Hall–Kier alpha value is -3.56. The van der Waals surface area contributed by atoms with Crippen molar-refractivity contribution in [2.24, 2.45) is 5.73 Å². The molecule has 170 valence electrons. The first-order chi connectivity index (χ1) is 15.9. The van der Waals surface area contributed by atoms with Gasteiger partial charge in [-0.2, -0.15) is 0 Å². The summed E-state index contributed by atoms with van der Waals surface area (Å²) in [5.74, 6) is -1.76. The number of nitrogens with two attached hydrogens (primary N) is 1. The van der Waals surface area contributed by atoms with Crippen LogP contribution in [0.3, 0.4) is 0 Å². The van der Waals surface area contributed by atoms with Crippen LogP contribution in [0.15, 0.2) is 78.0 Å². The number of nitrogens with zero attached hydrogens (tertiary/aromatic N) is 1. The zero-order valence-electron chi connectivity index (χ0n) is 17.5. The number of carboxylic acids is 1. The Bertz CT molecular complexity index is 1130. The van der Waals surface area contributed by atoms with Gasteiger partial charge in [-0.1, -0.05) is 54.6 Å². The first kappa shape index (κ1) is 22.6. The van der Waals surface area contributed by atoms with Crippen molar-refractivity contribution in [1.29, 1.82) is 0 Å². The summed E-state index contributed by atoms with van der Waals surface area (Å²) in [6, 6.07) is 13.8. The summed E-state index contributed by atoms with van der Waals surface area (Å²) in [7, 11) is 0. The number of benzene rings is 2. The van der Waals surface area contributed by atoms with Gasteiger partial charge in [0.1, 0.15) is 28.9 Å². The van der Waals surface area contributed by atoms with Crippen molar-refractivity contribution in [2.45, 2.75) is 23.9 Å². The smallest absolute Gasteiger partial charge is 0.352 e. The number of thioether (sulfide) groups is 1. The molecule has 2 heterocycles. The van der Waals surface area contributed by atoms with E-state index in [2.05, 4.69) is 5.32 Å². The molecule has 0 saturated carbocycles. The van der Waals surface area contributed by atoms with Crippen molar-refractivity contribution in [1.82, 2.24) is 10.2 Å². The number of carboxylic acid groups (broad SMARTS) is 1. The lowest BCUT2D eigenvalue weighted by Gasteiger charge is -2.49. The zero-order valence-corrected chi connectivity index (χ0v) is 18.4. The molecule has 5 N–H and O–H groups in total. The molecule has 0 aliphatic carbocycles. The molecule has 1 fully saturated rings. The molecule has 33 heavy (non-hydrogen) atoms. The van der Waals surface area contributed by atoms with Crippen LogP contribution in [0.5, 0.6) is 5.75 Å². The van der Waals surface area contributed by atoms with Crippen LogP contribution in [0, 0.1) is 0 Å². The van der Waals surface area contributed by atoms with Gasteiger partial charge in [-0.25, -0.2) is 4.79 Å². The number of fused-ring (bicyclic) bond motifs is 1. The van der Waals surface area contributed by atoms with E-state index in [-0.39, 0.29) is 11.4 Å². The number of nitrogens with one attached hydrogen (secondary N) is 1. The lowest BCUT2D eigenvalue weighted by atomic mass is 10.0. The molecular weight excluding hydrogens is 442 g/mol. The van der Waals surface area contributed by atoms with Gasteiger partial charge in [-0.05, 0) is 35.3 Å². The van der Waals surface area contributed by atoms with Crippen LogP contribution >= 0.6 is 11.8 Å². The SMILES string of the molecule is NC(C(=O)N[C@@H]1C(=O)N2C(C(=O)O)=C(C=CCc3ccccc3)CS[C@@H]12)c1ccc(O)cc1. The van der Waals surface area contributed by atoms with E-state index in [0.29, 0.717) is 23.3 Å². The van der Waals surface area contributed by atoms with Gasteiger partial charge < -0.3 is 21.3 Å². The fourth-order valence-electron chi connectivity index (χ4n) is 3.80. The van der Waals surface area contributed by atoms with E-state index in [4.69, 9.17) is 5.73 Å². The Morgan fingerprint density at radius 2 is 1.88 bits per heavy atom.